The summed E-state index contributed by atoms with van der Waals surface area (Å²) >= 11 is 14.4. The minimum atomic E-state index is -1.08. The molecule has 1 aliphatic rings. The van der Waals surface area contributed by atoms with Gasteiger partial charge in [0.15, 0.2) is 10.9 Å². The number of carboxylic acids is 1. The third-order valence-electron chi connectivity index (χ3n) is 5.32. The first kappa shape index (κ1) is 22.1. The molecule has 0 radical (unpaired) electrons. The number of rotatable bonds is 7. The van der Waals surface area contributed by atoms with Crippen LogP contribution in [0.25, 0.3) is 10.2 Å². The molecule has 0 amide bonds. The maximum absolute atomic E-state index is 11.0. The molecule has 31 heavy (non-hydrogen) atoms. The van der Waals surface area contributed by atoms with Crippen molar-refractivity contribution in [3.8, 4) is 5.75 Å². The summed E-state index contributed by atoms with van der Waals surface area (Å²) in [6.45, 7) is 2.37. The Morgan fingerprint density at radius 1 is 1.23 bits per heavy atom. The van der Waals surface area contributed by atoms with Gasteiger partial charge in [-0.15, -0.1) is 0 Å². The fourth-order valence-corrected chi connectivity index (χ4v) is 5.40. The number of hydrogen-bond acceptors (Lipinski definition) is 6. The number of carbonyl (C=O) groups is 1. The van der Waals surface area contributed by atoms with Crippen molar-refractivity contribution >= 4 is 55.9 Å². The Hall–Kier alpha value is -2.06. The summed E-state index contributed by atoms with van der Waals surface area (Å²) in [5.41, 5.74) is 8.14. The summed E-state index contributed by atoms with van der Waals surface area (Å²) in [5.74, 6) is -0.715. The average Bonchev–Trinajstić information content (AvgIpc) is 3.19. The SMILES string of the molecule is NC(Cc1cc(Cl)c(OCc2cccc3sc(N4CCCCC4)nc23)c(Cl)c1)C(=O)O. The van der Waals surface area contributed by atoms with Crippen LogP contribution in [-0.2, 0) is 17.8 Å². The quantitative estimate of drug-likeness (QED) is 0.488. The van der Waals surface area contributed by atoms with E-state index in [2.05, 4.69) is 11.0 Å². The van der Waals surface area contributed by atoms with Crippen molar-refractivity contribution in [1.82, 2.24) is 4.98 Å². The molecule has 0 saturated carbocycles. The van der Waals surface area contributed by atoms with Crippen LogP contribution >= 0.6 is 34.5 Å². The fraction of sp³-hybridized carbons (Fsp3) is 0.364. The van der Waals surface area contributed by atoms with Crippen LogP contribution in [0.1, 0.15) is 30.4 Å². The van der Waals surface area contributed by atoms with Gasteiger partial charge in [-0.2, -0.15) is 0 Å². The average molecular weight is 480 g/mol. The first-order chi connectivity index (χ1) is 14.9. The molecular formula is C22H23Cl2N3O3S. The number of halogens is 2. The predicted molar refractivity (Wildman–Crippen MR) is 126 cm³/mol. The minimum Gasteiger partial charge on any atom is -0.486 e. The summed E-state index contributed by atoms with van der Waals surface area (Å²) in [6, 6.07) is 8.33. The van der Waals surface area contributed by atoms with Crippen LogP contribution in [0.4, 0.5) is 5.13 Å². The molecule has 0 bridgehead atoms. The molecule has 3 aromatic rings. The van der Waals surface area contributed by atoms with E-state index in [0.29, 0.717) is 21.4 Å². The summed E-state index contributed by atoms with van der Waals surface area (Å²) in [6.07, 6.45) is 3.82. The first-order valence-corrected chi connectivity index (χ1v) is 11.7. The summed E-state index contributed by atoms with van der Waals surface area (Å²) < 4.78 is 7.09. The standard InChI is InChI=1S/C22H23Cl2N3O3S/c23-15-9-13(11-17(25)21(28)29)10-16(24)20(15)30-12-14-5-4-6-18-19(14)26-22(31-18)27-7-2-1-3-8-27/h4-6,9-10,17H,1-3,7-8,11-12,25H2,(H,28,29). The zero-order valence-electron chi connectivity index (χ0n) is 16.8. The smallest absolute Gasteiger partial charge is 0.320 e. The lowest BCUT2D eigenvalue weighted by Crippen LogP contribution is -2.32. The molecule has 1 saturated heterocycles. The maximum Gasteiger partial charge on any atom is 0.320 e. The Morgan fingerprint density at radius 2 is 1.94 bits per heavy atom. The largest absolute Gasteiger partial charge is 0.486 e. The number of thiazole rings is 1. The molecule has 6 nitrogen and oxygen atoms in total. The Bertz CT molecular complexity index is 1080. The van der Waals surface area contributed by atoms with Crippen molar-refractivity contribution < 1.29 is 14.6 Å². The van der Waals surface area contributed by atoms with E-state index in [1.165, 1.54) is 19.3 Å². The molecule has 4 rings (SSSR count). The lowest BCUT2D eigenvalue weighted by Gasteiger charge is -2.25. The van der Waals surface area contributed by atoms with E-state index in [1.807, 2.05) is 12.1 Å². The van der Waals surface area contributed by atoms with Gasteiger partial charge in [-0.25, -0.2) is 4.98 Å². The van der Waals surface area contributed by atoms with Gasteiger partial charge in [0.1, 0.15) is 12.6 Å². The van der Waals surface area contributed by atoms with Crippen LogP contribution in [0, 0.1) is 0 Å². The van der Waals surface area contributed by atoms with E-state index < -0.39 is 12.0 Å². The fourth-order valence-electron chi connectivity index (χ4n) is 3.69. The van der Waals surface area contributed by atoms with E-state index in [0.717, 1.165) is 34.0 Å². The van der Waals surface area contributed by atoms with E-state index in [4.69, 9.17) is 43.8 Å². The van der Waals surface area contributed by atoms with Crippen molar-refractivity contribution in [2.45, 2.75) is 38.3 Å². The second kappa shape index (κ2) is 9.61. The van der Waals surface area contributed by atoms with Crippen molar-refractivity contribution in [3.63, 3.8) is 0 Å². The highest BCUT2D eigenvalue weighted by Gasteiger charge is 2.18. The molecule has 1 aliphatic heterocycles. The predicted octanol–water partition coefficient (Wildman–Crippen LogP) is 5.13. The molecule has 1 fully saturated rings. The highest BCUT2D eigenvalue weighted by atomic mass is 35.5. The highest BCUT2D eigenvalue weighted by molar-refractivity contribution is 7.22. The lowest BCUT2D eigenvalue weighted by atomic mass is 10.1. The number of ether oxygens (including phenoxy) is 1. The second-order valence-corrected chi connectivity index (χ2v) is 9.46. The molecule has 164 valence electrons. The van der Waals surface area contributed by atoms with E-state index in [1.54, 1.807) is 23.5 Å². The van der Waals surface area contributed by atoms with E-state index in [9.17, 15) is 4.79 Å². The van der Waals surface area contributed by atoms with Crippen molar-refractivity contribution in [1.29, 1.82) is 0 Å². The molecule has 1 aromatic heterocycles. The van der Waals surface area contributed by atoms with Crippen LogP contribution in [0.5, 0.6) is 5.75 Å². The number of anilines is 1. The summed E-state index contributed by atoms with van der Waals surface area (Å²) in [5, 5.41) is 10.7. The third-order valence-corrected chi connectivity index (χ3v) is 6.96. The number of aromatic nitrogens is 1. The molecule has 2 aromatic carbocycles. The first-order valence-electron chi connectivity index (χ1n) is 10.1. The molecule has 2 heterocycles. The molecular weight excluding hydrogens is 457 g/mol. The molecule has 0 spiro atoms. The van der Waals surface area contributed by atoms with Crippen molar-refractivity contribution in [3.05, 3.63) is 51.5 Å². The highest BCUT2D eigenvalue weighted by Crippen LogP contribution is 2.37. The van der Waals surface area contributed by atoms with Crippen LogP contribution in [-0.4, -0.2) is 35.2 Å². The van der Waals surface area contributed by atoms with Crippen molar-refractivity contribution in [2.24, 2.45) is 5.73 Å². The van der Waals surface area contributed by atoms with Crippen LogP contribution in [0.2, 0.25) is 10.0 Å². The van der Waals surface area contributed by atoms with Crippen LogP contribution in [0.15, 0.2) is 30.3 Å². The number of fused-ring (bicyclic) bond motifs is 1. The lowest BCUT2D eigenvalue weighted by molar-refractivity contribution is -0.138. The number of nitrogens with zero attached hydrogens (tertiary/aromatic N) is 2. The number of aliphatic carboxylic acids is 1. The zero-order chi connectivity index (χ0) is 22.0. The van der Waals surface area contributed by atoms with Gasteiger partial charge in [-0.05, 0) is 49.4 Å². The van der Waals surface area contributed by atoms with Crippen LogP contribution in [0.3, 0.4) is 0 Å². The molecule has 9 heteroatoms. The molecule has 0 aliphatic carbocycles. The number of nitrogens with two attached hydrogens (primary N) is 1. The van der Waals surface area contributed by atoms with Gasteiger partial charge in [0, 0.05) is 18.7 Å². The maximum atomic E-state index is 11.0. The topological polar surface area (TPSA) is 88.7 Å². The van der Waals surface area contributed by atoms with Gasteiger partial charge in [-0.3, -0.25) is 4.79 Å². The van der Waals surface area contributed by atoms with E-state index in [-0.39, 0.29) is 13.0 Å². The van der Waals surface area contributed by atoms with Gasteiger partial charge >= 0.3 is 5.97 Å². The Labute approximate surface area is 194 Å². The second-order valence-electron chi connectivity index (χ2n) is 7.63. The molecule has 1 atom stereocenters. The van der Waals surface area contributed by atoms with Gasteiger partial charge in [0.2, 0.25) is 0 Å². The Kier molecular flexibility index (Phi) is 6.86. The summed E-state index contributed by atoms with van der Waals surface area (Å²) in [7, 11) is 0. The van der Waals surface area contributed by atoms with Gasteiger partial charge < -0.3 is 20.5 Å². The Morgan fingerprint density at radius 3 is 2.61 bits per heavy atom. The van der Waals surface area contributed by atoms with Gasteiger partial charge in [0.25, 0.3) is 0 Å². The normalized spacial score (nSPS) is 15.3. The van der Waals surface area contributed by atoms with Gasteiger partial charge in [-0.1, -0.05) is 46.7 Å². The molecule has 3 N–H and O–H groups in total. The third kappa shape index (κ3) is 5.06. The number of carboxylic acid groups (broad SMARTS) is 1. The van der Waals surface area contributed by atoms with E-state index >= 15 is 0 Å². The number of benzene rings is 2. The van der Waals surface area contributed by atoms with Crippen molar-refractivity contribution in [2.75, 3.05) is 18.0 Å². The number of hydrogen-bond donors (Lipinski definition) is 2. The van der Waals surface area contributed by atoms with Crippen LogP contribution < -0.4 is 15.4 Å². The minimum absolute atomic E-state index is 0.131. The number of para-hydroxylation sites is 1. The number of piperidine rings is 1. The monoisotopic (exact) mass is 479 g/mol. The van der Waals surface area contributed by atoms with Gasteiger partial charge in [0.05, 0.1) is 20.3 Å². The molecule has 1 unspecified atom stereocenters. The zero-order valence-corrected chi connectivity index (χ0v) is 19.1. The summed E-state index contributed by atoms with van der Waals surface area (Å²) in [4.78, 5) is 18.2. The Balaban J connectivity index is 1.52.